The van der Waals surface area contributed by atoms with Crippen molar-refractivity contribution in [1.29, 1.82) is 0 Å². The number of nitrogens with zero attached hydrogens (tertiary/aromatic N) is 1. The molecule has 2 N–H and O–H groups in total. The van der Waals surface area contributed by atoms with Gasteiger partial charge in [-0.15, -0.1) is 0 Å². The van der Waals surface area contributed by atoms with Crippen molar-refractivity contribution in [2.75, 3.05) is 18.0 Å². The Kier molecular flexibility index (Phi) is 3.76. The van der Waals surface area contributed by atoms with E-state index in [2.05, 4.69) is 36.9 Å². The molecule has 1 heterocycles. The molecular formula is C18H28N2. The Morgan fingerprint density at radius 2 is 2.20 bits per heavy atom. The summed E-state index contributed by atoms with van der Waals surface area (Å²) in [7, 11) is 0. The molecule has 1 aromatic rings. The van der Waals surface area contributed by atoms with Gasteiger partial charge < -0.3 is 10.6 Å². The number of anilines is 1. The molecule has 2 nitrogen and oxygen atoms in total. The zero-order chi connectivity index (χ0) is 14.2. The lowest BCUT2D eigenvalue weighted by atomic mass is 9.76. The minimum absolute atomic E-state index is 0.0250. The van der Waals surface area contributed by atoms with Gasteiger partial charge >= 0.3 is 0 Å². The summed E-state index contributed by atoms with van der Waals surface area (Å²) in [6.45, 7) is 6.75. The molecule has 1 aliphatic carbocycles. The second-order valence-electron chi connectivity index (χ2n) is 7.22. The smallest absolute Gasteiger partial charge is 0.0399 e. The average Bonchev–Trinajstić information content (AvgIpc) is 2.37. The fraction of sp³-hybridized carbons (Fsp3) is 0.667. The van der Waals surface area contributed by atoms with E-state index in [1.165, 1.54) is 61.9 Å². The van der Waals surface area contributed by atoms with Gasteiger partial charge in [-0.1, -0.05) is 37.5 Å². The van der Waals surface area contributed by atoms with E-state index in [-0.39, 0.29) is 5.54 Å². The van der Waals surface area contributed by atoms with Gasteiger partial charge in [0, 0.05) is 24.3 Å². The third-order valence-electron chi connectivity index (χ3n) is 5.08. The van der Waals surface area contributed by atoms with E-state index in [0.717, 1.165) is 12.5 Å². The summed E-state index contributed by atoms with van der Waals surface area (Å²) in [4.78, 5) is 2.55. The average molecular weight is 272 g/mol. The number of benzene rings is 1. The molecule has 2 unspecified atom stereocenters. The highest BCUT2D eigenvalue weighted by Gasteiger charge is 2.33. The molecule has 0 amide bonds. The van der Waals surface area contributed by atoms with Crippen LogP contribution >= 0.6 is 0 Å². The van der Waals surface area contributed by atoms with E-state index in [4.69, 9.17) is 5.73 Å². The Bertz CT molecular complexity index is 482. The number of hydrogen-bond donors (Lipinski definition) is 1. The van der Waals surface area contributed by atoms with Crippen LogP contribution < -0.4 is 10.6 Å². The van der Waals surface area contributed by atoms with Crippen molar-refractivity contribution >= 4 is 5.69 Å². The first kappa shape index (κ1) is 13.9. The largest absolute Gasteiger partial charge is 0.369 e. The van der Waals surface area contributed by atoms with Gasteiger partial charge in [0.25, 0.3) is 0 Å². The van der Waals surface area contributed by atoms with Crippen molar-refractivity contribution in [1.82, 2.24) is 0 Å². The van der Waals surface area contributed by atoms with Gasteiger partial charge in [-0.25, -0.2) is 0 Å². The fourth-order valence-corrected chi connectivity index (χ4v) is 4.19. The highest BCUT2D eigenvalue weighted by Crippen LogP contribution is 2.34. The zero-order valence-electron chi connectivity index (χ0n) is 13.0. The second-order valence-corrected chi connectivity index (χ2v) is 7.22. The van der Waals surface area contributed by atoms with Gasteiger partial charge in [0.2, 0.25) is 0 Å². The van der Waals surface area contributed by atoms with Crippen molar-refractivity contribution in [3.8, 4) is 0 Å². The topological polar surface area (TPSA) is 29.3 Å². The van der Waals surface area contributed by atoms with E-state index in [0.29, 0.717) is 0 Å². The van der Waals surface area contributed by atoms with Gasteiger partial charge in [0.05, 0.1) is 0 Å². The van der Waals surface area contributed by atoms with Crippen LogP contribution in [0.25, 0.3) is 0 Å². The van der Waals surface area contributed by atoms with E-state index in [1.807, 2.05) is 0 Å². The lowest BCUT2D eigenvalue weighted by Gasteiger charge is -2.43. The van der Waals surface area contributed by atoms with Crippen molar-refractivity contribution in [2.24, 2.45) is 11.7 Å². The highest BCUT2D eigenvalue weighted by molar-refractivity contribution is 5.57. The quantitative estimate of drug-likeness (QED) is 0.890. The SMILES string of the molecule is Cc1ccc2c(c1)CCCN2CC1(N)CCCC(C)C1. The number of rotatable bonds is 2. The Morgan fingerprint density at radius 1 is 1.35 bits per heavy atom. The Morgan fingerprint density at radius 3 is 3.00 bits per heavy atom. The lowest BCUT2D eigenvalue weighted by molar-refractivity contribution is 0.238. The van der Waals surface area contributed by atoms with Gasteiger partial charge in [-0.05, 0) is 50.2 Å². The summed E-state index contributed by atoms with van der Waals surface area (Å²) >= 11 is 0. The molecule has 3 rings (SSSR count). The van der Waals surface area contributed by atoms with E-state index >= 15 is 0 Å². The number of aryl methyl sites for hydroxylation is 2. The summed E-state index contributed by atoms with van der Waals surface area (Å²) in [5, 5.41) is 0. The van der Waals surface area contributed by atoms with Gasteiger partial charge in [0.15, 0.2) is 0 Å². The van der Waals surface area contributed by atoms with Crippen molar-refractivity contribution in [3.63, 3.8) is 0 Å². The first-order valence-corrected chi connectivity index (χ1v) is 8.19. The normalized spacial score (nSPS) is 30.1. The van der Waals surface area contributed by atoms with Crippen molar-refractivity contribution in [2.45, 2.75) is 57.9 Å². The maximum absolute atomic E-state index is 6.73. The van der Waals surface area contributed by atoms with Gasteiger partial charge in [-0.2, -0.15) is 0 Å². The molecule has 0 spiro atoms. The Balaban J connectivity index is 1.79. The van der Waals surface area contributed by atoms with Gasteiger partial charge in [-0.3, -0.25) is 0 Å². The van der Waals surface area contributed by atoms with Crippen LogP contribution in [0.15, 0.2) is 18.2 Å². The molecule has 0 radical (unpaired) electrons. The van der Waals surface area contributed by atoms with Crippen LogP contribution in [0, 0.1) is 12.8 Å². The van der Waals surface area contributed by atoms with E-state index in [1.54, 1.807) is 0 Å². The first-order valence-electron chi connectivity index (χ1n) is 8.19. The molecule has 0 aromatic heterocycles. The zero-order valence-corrected chi connectivity index (χ0v) is 13.0. The summed E-state index contributed by atoms with van der Waals surface area (Å²) < 4.78 is 0. The van der Waals surface area contributed by atoms with Gasteiger partial charge in [0.1, 0.15) is 0 Å². The van der Waals surface area contributed by atoms with E-state index in [9.17, 15) is 0 Å². The van der Waals surface area contributed by atoms with E-state index < -0.39 is 0 Å². The molecule has 2 atom stereocenters. The van der Waals surface area contributed by atoms with Crippen LogP contribution in [-0.4, -0.2) is 18.6 Å². The molecule has 0 saturated heterocycles. The second kappa shape index (κ2) is 5.40. The Hall–Kier alpha value is -1.02. The van der Waals surface area contributed by atoms with Crippen molar-refractivity contribution < 1.29 is 0 Å². The predicted molar refractivity (Wildman–Crippen MR) is 86.3 cm³/mol. The highest BCUT2D eigenvalue weighted by atomic mass is 15.2. The molecule has 1 aromatic carbocycles. The number of hydrogen-bond acceptors (Lipinski definition) is 2. The summed E-state index contributed by atoms with van der Waals surface area (Å²) in [6.07, 6.45) is 7.52. The third kappa shape index (κ3) is 2.85. The number of nitrogens with two attached hydrogens (primary N) is 1. The van der Waals surface area contributed by atoms with Crippen LogP contribution in [-0.2, 0) is 6.42 Å². The first-order chi connectivity index (χ1) is 9.56. The monoisotopic (exact) mass is 272 g/mol. The fourth-order valence-electron chi connectivity index (χ4n) is 4.19. The minimum Gasteiger partial charge on any atom is -0.369 e. The molecule has 2 heteroatoms. The summed E-state index contributed by atoms with van der Waals surface area (Å²) in [6, 6.07) is 6.90. The minimum atomic E-state index is 0.0250. The molecule has 0 bridgehead atoms. The standard InChI is InChI=1S/C18H28N2/c1-14-7-8-17-16(11-14)6-4-10-20(17)13-18(19)9-3-5-15(2)12-18/h7-8,11,15H,3-6,9-10,12-13,19H2,1-2H3. The maximum Gasteiger partial charge on any atom is 0.0399 e. The molecule has 1 saturated carbocycles. The summed E-state index contributed by atoms with van der Waals surface area (Å²) in [5.74, 6) is 0.788. The van der Waals surface area contributed by atoms with Crippen LogP contribution in [0.3, 0.4) is 0 Å². The maximum atomic E-state index is 6.73. The lowest BCUT2D eigenvalue weighted by Crippen LogP contribution is -2.53. The predicted octanol–water partition coefficient (Wildman–Crippen LogP) is 3.66. The van der Waals surface area contributed by atoms with Crippen LogP contribution in [0.5, 0.6) is 0 Å². The molecule has 1 fully saturated rings. The van der Waals surface area contributed by atoms with Crippen molar-refractivity contribution in [3.05, 3.63) is 29.3 Å². The molecule has 110 valence electrons. The molecule has 1 aliphatic heterocycles. The Labute approximate surface area is 123 Å². The molecule has 20 heavy (non-hydrogen) atoms. The molecular weight excluding hydrogens is 244 g/mol. The van der Waals surface area contributed by atoms with Crippen LogP contribution in [0.4, 0.5) is 5.69 Å². The van der Waals surface area contributed by atoms with Crippen LogP contribution in [0.1, 0.15) is 50.2 Å². The number of fused-ring (bicyclic) bond motifs is 1. The molecule has 2 aliphatic rings. The summed E-state index contributed by atoms with van der Waals surface area (Å²) in [5.41, 5.74) is 11.1. The third-order valence-corrected chi connectivity index (χ3v) is 5.08. The van der Waals surface area contributed by atoms with Crippen LogP contribution in [0.2, 0.25) is 0 Å².